The van der Waals surface area contributed by atoms with Gasteiger partial charge in [-0.05, 0) is 56.7 Å². The molecule has 0 saturated carbocycles. The largest absolute Gasteiger partial charge is 0.466 e. The molecule has 0 atom stereocenters. The molecule has 4 rings (SSSR count). The van der Waals surface area contributed by atoms with E-state index in [4.69, 9.17) is 14.2 Å². The van der Waals surface area contributed by atoms with Gasteiger partial charge in [0, 0.05) is 24.8 Å². The molecule has 2 amide bonds. The zero-order valence-electron chi connectivity index (χ0n) is 18.5. The fraction of sp³-hybridized carbons (Fsp3) is 0.440. The third-order valence-corrected chi connectivity index (χ3v) is 6.30. The molecule has 2 heterocycles. The van der Waals surface area contributed by atoms with E-state index in [2.05, 4.69) is 17.4 Å². The highest BCUT2D eigenvalue weighted by Crippen LogP contribution is 2.39. The maximum absolute atomic E-state index is 12.9. The average molecular weight is 439 g/mol. The topological polar surface area (TPSA) is 77.1 Å². The van der Waals surface area contributed by atoms with Crippen LogP contribution in [0.1, 0.15) is 38.2 Å². The Morgan fingerprint density at radius 2 is 1.81 bits per heavy atom. The Bertz CT molecular complexity index is 939. The molecular formula is C25H30N2O5. The van der Waals surface area contributed by atoms with Gasteiger partial charge in [-0.15, -0.1) is 0 Å². The highest BCUT2D eigenvalue weighted by molar-refractivity contribution is 5.90. The third-order valence-electron chi connectivity index (χ3n) is 6.30. The minimum absolute atomic E-state index is 0.135. The maximum Gasteiger partial charge on any atom is 0.321 e. The first kappa shape index (κ1) is 22.0. The zero-order valence-corrected chi connectivity index (χ0v) is 18.5. The van der Waals surface area contributed by atoms with Crippen molar-refractivity contribution >= 4 is 17.7 Å². The number of fused-ring (bicyclic) bond motifs is 1. The van der Waals surface area contributed by atoms with Crippen LogP contribution in [0.25, 0.3) is 0 Å². The van der Waals surface area contributed by atoms with Crippen LogP contribution in [0, 0.1) is 5.41 Å². The smallest absolute Gasteiger partial charge is 0.321 e. The van der Waals surface area contributed by atoms with Crippen molar-refractivity contribution in [2.24, 2.45) is 5.41 Å². The Hall–Kier alpha value is -3.22. The number of ether oxygens (including phenoxy) is 3. The van der Waals surface area contributed by atoms with Gasteiger partial charge in [-0.25, -0.2) is 4.79 Å². The second kappa shape index (κ2) is 9.94. The lowest BCUT2D eigenvalue weighted by Gasteiger charge is -2.40. The summed E-state index contributed by atoms with van der Waals surface area (Å²) in [5.74, 6) is 1.17. The van der Waals surface area contributed by atoms with E-state index >= 15 is 0 Å². The first-order chi connectivity index (χ1) is 15.6. The number of nitrogens with zero attached hydrogens (tertiary/aromatic N) is 1. The Morgan fingerprint density at radius 1 is 1.06 bits per heavy atom. The lowest BCUT2D eigenvalue weighted by atomic mass is 9.74. The molecule has 7 heteroatoms. The summed E-state index contributed by atoms with van der Waals surface area (Å²) in [5, 5.41) is 2.92. The number of anilines is 1. The molecule has 170 valence electrons. The minimum Gasteiger partial charge on any atom is -0.466 e. The average Bonchev–Trinajstić information content (AvgIpc) is 3.28. The quantitative estimate of drug-likeness (QED) is 0.639. The number of urea groups is 1. The number of carbonyl (C=O) groups is 2. The lowest BCUT2D eigenvalue weighted by molar-refractivity contribution is -0.158. The monoisotopic (exact) mass is 438 g/mol. The van der Waals surface area contributed by atoms with Crippen LogP contribution in [0.3, 0.4) is 0 Å². The van der Waals surface area contributed by atoms with E-state index < -0.39 is 5.41 Å². The molecule has 2 aliphatic heterocycles. The fourth-order valence-electron chi connectivity index (χ4n) is 4.43. The van der Waals surface area contributed by atoms with Crippen LogP contribution >= 0.6 is 0 Å². The fourth-order valence-corrected chi connectivity index (χ4v) is 4.43. The molecule has 2 aromatic rings. The summed E-state index contributed by atoms with van der Waals surface area (Å²) in [6, 6.07) is 15.5. The molecule has 0 aromatic heterocycles. The van der Waals surface area contributed by atoms with E-state index in [0.29, 0.717) is 49.7 Å². The number of amides is 2. The van der Waals surface area contributed by atoms with Gasteiger partial charge < -0.3 is 24.4 Å². The van der Waals surface area contributed by atoms with E-state index in [1.807, 2.05) is 25.1 Å². The van der Waals surface area contributed by atoms with Gasteiger partial charge in [0.05, 0.1) is 12.0 Å². The number of rotatable bonds is 7. The number of esters is 1. The van der Waals surface area contributed by atoms with Crippen LogP contribution in [-0.4, -0.2) is 43.4 Å². The van der Waals surface area contributed by atoms with Gasteiger partial charge in [0.15, 0.2) is 11.5 Å². The van der Waals surface area contributed by atoms with Crippen molar-refractivity contribution in [1.82, 2.24) is 4.90 Å². The third kappa shape index (κ3) is 4.98. The molecule has 1 N–H and O–H groups in total. The van der Waals surface area contributed by atoms with Gasteiger partial charge in [0.25, 0.3) is 0 Å². The van der Waals surface area contributed by atoms with Crippen molar-refractivity contribution in [2.75, 3.05) is 31.8 Å². The molecule has 7 nitrogen and oxygen atoms in total. The molecule has 1 fully saturated rings. The second-order valence-electron chi connectivity index (χ2n) is 8.33. The van der Waals surface area contributed by atoms with Crippen LogP contribution in [0.4, 0.5) is 10.5 Å². The van der Waals surface area contributed by atoms with Crippen LogP contribution < -0.4 is 14.8 Å². The first-order valence-corrected chi connectivity index (χ1v) is 11.3. The Labute approximate surface area is 188 Å². The SMILES string of the molecule is CCOC(=O)C1(CCCc2ccccc2)CCN(C(=O)Nc2ccc3c(c2)OCO3)CC1. The molecule has 0 bridgehead atoms. The van der Waals surface area contributed by atoms with Gasteiger partial charge in [0.2, 0.25) is 6.79 Å². The van der Waals surface area contributed by atoms with Crippen LogP contribution in [0.5, 0.6) is 11.5 Å². The van der Waals surface area contributed by atoms with E-state index in [1.54, 1.807) is 23.1 Å². The molecule has 1 saturated heterocycles. The Kier molecular flexibility index (Phi) is 6.83. The number of nitrogens with one attached hydrogen (secondary N) is 1. The second-order valence-corrected chi connectivity index (χ2v) is 8.33. The van der Waals surface area contributed by atoms with Crippen molar-refractivity contribution in [3.63, 3.8) is 0 Å². The number of likely N-dealkylation sites (tertiary alicyclic amines) is 1. The summed E-state index contributed by atoms with van der Waals surface area (Å²) in [5.41, 5.74) is 1.40. The lowest BCUT2D eigenvalue weighted by Crippen LogP contribution is -2.48. The van der Waals surface area contributed by atoms with Crippen molar-refractivity contribution in [1.29, 1.82) is 0 Å². The molecule has 0 aliphatic carbocycles. The van der Waals surface area contributed by atoms with Crippen molar-refractivity contribution in [3.05, 3.63) is 54.1 Å². The van der Waals surface area contributed by atoms with E-state index in [0.717, 1.165) is 19.3 Å². The summed E-state index contributed by atoms with van der Waals surface area (Å²) < 4.78 is 16.1. The van der Waals surface area contributed by atoms with Gasteiger partial charge in [0.1, 0.15) is 0 Å². The van der Waals surface area contributed by atoms with Crippen molar-refractivity contribution in [2.45, 2.75) is 39.0 Å². The van der Waals surface area contributed by atoms with Crippen LogP contribution in [-0.2, 0) is 16.0 Å². The van der Waals surface area contributed by atoms with Crippen LogP contribution in [0.2, 0.25) is 0 Å². The maximum atomic E-state index is 12.9. The predicted molar refractivity (Wildman–Crippen MR) is 121 cm³/mol. The Balaban J connectivity index is 1.34. The van der Waals surface area contributed by atoms with Crippen molar-refractivity contribution < 1.29 is 23.8 Å². The molecule has 32 heavy (non-hydrogen) atoms. The summed E-state index contributed by atoms with van der Waals surface area (Å²) in [4.78, 5) is 27.4. The molecule has 0 radical (unpaired) electrons. The van der Waals surface area contributed by atoms with Crippen LogP contribution in [0.15, 0.2) is 48.5 Å². The predicted octanol–water partition coefficient (Wildman–Crippen LogP) is 4.62. The number of aryl methyl sites for hydroxylation is 1. The number of hydrogen-bond acceptors (Lipinski definition) is 5. The normalized spacial score (nSPS) is 16.5. The van der Waals surface area contributed by atoms with E-state index in [9.17, 15) is 9.59 Å². The van der Waals surface area contributed by atoms with Gasteiger partial charge in [-0.3, -0.25) is 4.79 Å². The summed E-state index contributed by atoms with van der Waals surface area (Å²) in [6.07, 6.45) is 3.81. The molecule has 0 unspecified atom stereocenters. The summed E-state index contributed by atoms with van der Waals surface area (Å²) in [7, 11) is 0. The van der Waals surface area contributed by atoms with E-state index in [1.165, 1.54) is 5.56 Å². The number of benzene rings is 2. The zero-order chi connectivity index (χ0) is 22.4. The molecule has 2 aromatic carbocycles. The van der Waals surface area contributed by atoms with E-state index in [-0.39, 0.29) is 18.8 Å². The Morgan fingerprint density at radius 3 is 2.56 bits per heavy atom. The summed E-state index contributed by atoms with van der Waals surface area (Å²) in [6.45, 7) is 3.43. The molecule has 0 spiro atoms. The molecular weight excluding hydrogens is 408 g/mol. The van der Waals surface area contributed by atoms with Gasteiger partial charge in [-0.2, -0.15) is 0 Å². The van der Waals surface area contributed by atoms with Gasteiger partial charge in [-0.1, -0.05) is 30.3 Å². The minimum atomic E-state index is -0.527. The number of hydrogen-bond donors (Lipinski definition) is 1. The first-order valence-electron chi connectivity index (χ1n) is 11.3. The number of carbonyl (C=O) groups excluding carboxylic acids is 2. The van der Waals surface area contributed by atoms with Gasteiger partial charge >= 0.3 is 12.0 Å². The van der Waals surface area contributed by atoms with Crippen molar-refractivity contribution in [3.8, 4) is 11.5 Å². The highest BCUT2D eigenvalue weighted by Gasteiger charge is 2.43. The standard InChI is InChI=1S/C25H30N2O5/c1-2-30-23(28)25(12-6-9-19-7-4-3-5-8-19)13-15-27(16-14-25)24(29)26-20-10-11-21-22(17-20)32-18-31-21/h3-5,7-8,10-11,17H,2,6,9,12-16,18H2,1H3,(H,26,29). The molecule has 2 aliphatic rings. The number of piperidine rings is 1. The summed E-state index contributed by atoms with van der Waals surface area (Å²) >= 11 is 0. The highest BCUT2D eigenvalue weighted by atomic mass is 16.7.